The molecule has 1 aromatic heterocycles. The molecule has 0 aliphatic heterocycles. The van der Waals surface area contributed by atoms with E-state index in [9.17, 15) is 0 Å². The predicted molar refractivity (Wildman–Crippen MR) is 331 cm³/mol. The van der Waals surface area contributed by atoms with Crippen LogP contribution in [0.15, 0.2) is 176 Å². The Bertz CT molecular complexity index is 3470. The molecule has 9 aromatic rings. The summed E-state index contributed by atoms with van der Waals surface area (Å²) in [5.74, 6) is 10.8. The van der Waals surface area contributed by atoms with Gasteiger partial charge in [0, 0.05) is 41.7 Å². The first-order valence-electron chi connectivity index (χ1n) is 29.0. The van der Waals surface area contributed by atoms with E-state index in [1.54, 1.807) is 6.20 Å². The van der Waals surface area contributed by atoms with Gasteiger partial charge in [-0.3, -0.25) is 0 Å². The Morgan fingerprint density at radius 2 is 0.867 bits per heavy atom. The SMILES string of the molecule is C#Cc1cc(CC)c(OCCCOc2cccc(Oc3ccccc3C)c2CCC)cc1OCc1ccccc1.CCCc1c(OCCCOc2cc(OCc3ccccc3)c(-c3cn[nH]n3)cc2CC)cccc1Oc1ccccc1C. The molecule has 1 N–H and O–H groups in total. The number of nitrogens with one attached hydrogen (secondary N) is 1. The summed E-state index contributed by atoms with van der Waals surface area (Å²) in [5.41, 5.74) is 11.0. The second-order valence-electron chi connectivity index (χ2n) is 20.0. The highest BCUT2D eigenvalue weighted by Crippen LogP contribution is 2.39. The summed E-state index contributed by atoms with van der Waals surface area (Å²) in [6.07, 6.45) is 14.3. The molecule has 0 atom stereocenters. The number of aryl methyl sites for hydroxylation is 4. The lowest BCUT2D eigenvalue weighted by Crippen LogP contribution is -2.08. The van der Waals surface area contributed by atoms with Gasteiger partial charge in [-0.15, -0.1) is 6.42 Å². The Kier molecular flexibility index (Phi) is 22.9. The number of nitrogens with zero attached hydrogens (tertiary/aromatic N) is 2. The van der Waals surface area contributed by atoms with Crippen LogP contribution in [0, 0.1) is 26.2 Å². The fraction of sp³-hybridized carbons (Fsp3) is 0.278. The number of H-pyrrole nitrogens is 1. The van der Waals surface area contributed by atoms with Crippen LogP contribution in [-0.4, -0.2) is 41.8 Å². The molecule has 1 heterocycles. The zero-order valence-corrected chi connectivity index (χ0v) is 48.9. The molecule has 83 heavy (non-hydrogen) atoms. The maximum atomic E-state index is 6.31. The number of rotatable bonds is 29. The third-order valence-electron chi connectivity index (χ3n) is 13.8. The molecule has 8 aromatic carbocycles. The molecule has 0 spiro atoms. The Morgan fingerprint density at radius 3 is 1.33 bits per heavy atom. The van der Waals surface area contributed by atoms with Gasteiger partial charge < -0.3 is 37.9 Å². The minimum absolute atomic E-state index is 0.442. The van der Waals surface area contributed by atoms with Gasteiger partial charge in [-0.05, 0) is 121 Å². The molecule has 428 valence electrons. The molecule has 0 fully saturated rings. The largest absolute Gasteiger partial charge is 0.493 e. The van der Waals surface area contributed by atoms with Gasteiger partial charge in [0.15, 0.2) is 0 Å². The number of hydrogen-bond donors (Lipinski definition) is 1. The molecular formula is C72H77N3O8. The van der Waals surface area contributed by atoms with Crippen molar-refractivity contribution in [3.05, 3.63) is 226 Å². The minimum Gasteiger partial charge on any atom is -0.493 e. The van der Waals surface area contributed by atoms with E-state index < -0.39 is 0 Å². The Balaban J connectivity index is 0.000000217. The van der Waals surface area contributed by atoms with Crippen LogP contribution >= 0.6 is 0 Å². The van der Waals surface area contributed by atoms with E-state index in [1.807, 2.05) is 152 Å². The summed E-state index contributed by atoms with van der Waals surface area (Å²) in [7, 11) is 0. The molecule has 0 aliphatic rings. The van der Waals surface area contributed by atoms with E-state index in [2.05, 4.69) is 81.1 Å². The van der Waals surface area contributed by atoms with Crippen molar-refractivity contribution < 1.29 is 37.9 Å². The first-order chi connectivity index (χ1) is 40.8. The topological polar surface area (TPSA) is 115 Å². The van der Waals surface area contributed by atoms with Crippen molar-refractivity contribution in [3.8, 4) is 81.1 Å². The van der Waals surface area contributed by atoms with Crippen LogP contribution < -0.4 is 37.9 Å². The second-order valence-corrected chi connectivity index (χ2v) is 20.0. The average Bonchev–Trinajstić information content (AvgIpc) is 4.24. The molecular weight excluding hydrogens is 1030 g/mol. The van der Waals surface area contributed by atoms with Crippen LogP contribution in [0.2, 0.25) is 0 Å². The Hall–Kier alpha value is -9.14. The van der Waals surface area contributed by atoms with Crippen LogP contribution in [0.3, 0.4) is 0 Å². The van der Waals surface area contributed by atoms with Crippen molar-refractivity contribution in [3.63, 3.8) is 0 Å². The normalized spacial score (nSPS) is 10.7. The molecule has 9 rings (SSSR count). The summed E-state index contributed by atoms with van der Waals surface area (Å²) in [6.45, 7) is 15.6. The molecule has 0 saturated carbocycles. The number of para-hydroxylation sites is 2. The summed E-state index contributed by atoms with van der Waals surface area (Å²) in [6, 6.07) is 56.3. The lowest BCUT2D eigenvalue weighted by molar-refractivity contribution is 0.242. The first-order valence-corrected chi connectivity index (χ1v) is 29.0. The van der Waals surface area contributed by atoms with E-state index in [1.165, 1.54) is 0 Å². The molecule has 0 saturated heterocycles. The predicted octanol–water partition coefficient (Wildman–Crippen LogP) is 17.2. The molecule has 11 heteroatoms. The third-order valence-corrected chi connectivity index (χ3v) is 13.8. The van der Waals surface area contributed by atoms with E-state index >= 15 is 0 Å². The number of hydrogen-bond acceptors (Lipinski definition) is 10. The summed E-state index contributed by atoms with van der Waals surface area (Å²) in [5, 5.41) is 11.0. The summed E-state index contributed by atoms with van der Waals surface area (Å²) < 4.78 is 49.9. The van der Waals surface area contributed by atoms with Crippen LogP contribution in [0.25, 0.3) is 11.3 Å². The van der Waals surface area contributed by atoms with Gasteiger partial charge in [0.05, 0.1) is 38.2 Å². The monoisotopic (exact) mass is 1110 g/mol. The van der Waals surface area contributed by atoms with Crippen molar-refractivity contribution >= 4 is 0 Å². The van der Waals surface area contributed by atoms with Gasteiger partial charge >= 0.3 is 0 Å². The lowest BCUT2D eigenvalue weighted by Gasteiger charge is -2.18. The van der Waals surface area contributed by atoms with Gasteiger partial charge in [-0.2, -0.15) is 15.4 Å². The summed E-state index contributed by atoms with van der Waals surface area (Å²) in [4.78, 5) is 0. The Labute approximate surface area is 490 Å². The van der Waals surface area contributed by atoms with E-state index in [-0.39, 0.29) is 0 Å². The maximum absolute atomic E-state index is 6.31. The molecule has 11 nitrogen and oxygen atoms in total. The van der Waals surface area contributed by atoms with Crippen molar-refractivity contribution in [2.45, 2.75) is 106 Å². The van der Waals surface area contributed by atoms with Gasteiger partial charge in [-0.1, -0.05) is 156 Å². The molecule has 0 amide bonds. The standard InChI is InChI=1S/C36H39N3O4.C36H38O4/c1-4-13-29-33(18-11-19-34(29)43-32-17-10-9-14-26(32)3)40-20-12-21-41-35-23-36(42-25-27-15-7-6-8-16-27)30(22-28(35)5-2)31-24-37-39-38-31;1-5-15-31-33(20-13-21-34(31)40-32-19-12-11-16-27(32)4)37-22-14-23-38-35-25-36(30(7-3)24-29(35)6-2)39-26-28-17-9-8-10-18-28/h6-11,14-19,22-24H,4-5,12-13,20-21,25H2,1-3H3,(H,37,38,39);3,8-13,16-21,24-25H,5-6,14-15,22-23,26H2,1-2,4H3. The van der Waals surface area contributed by atoms with Crippen LogP contribution in [0.5, 0.6) is 57.5 Å². The fourth-order valence-corrected chi connectivity index (χ4v) is 9.36. The van der Waals surface area contributed by atoms with E-state index in [0.29, 0.717) is 51.1 Å². The van der Waals surface area contributed by atoms with Crippen LogP contribution in [0.4, 0.5) is 0 Å². The maximum Gasteiger partial charge on any atom is 0.139 e. The van der Waals surface area contributed by atoms with Crippen molar-refractivity contribution in [2.75, 3.05) is 26.4 Å². The fourth-order valence-electron chi connectivity index (χ4n) is 9.36. The van der Waals surface area contributed by atoms with Crippen molar-refractivity contribution in [1.29, 1.82) is 0 Å². The third kappa shape index (κ3) is 17.2. The Morgan fingerprint density at radius 1 is 0.434 bits per heavy atom. The smallest absolute Gasteiger partial charge is 0.139 e. The molecule has 0 radical (unpaired) electrons. The van der Waals surface area contributed by atoms with Crippen LogP contribution in [0.1, 0.15) is 103 Å². The molecule has 0 aliphatic carbocycles. The second kappa shape index (κ2) is 31.7. The van der Waals surface area contributed by atoms with Gasteiger partial charge in [-0.25, -0.2) is 0 Å². The lowest BCUT2D eigenvalue weighted by atomic mass is 10.0. The van der Waals surface area contributed by atoms with Gasteiger partial charge in [0.25, 0.3) is 0 Å². The quantitative estimate of drug-likeness (QED) is 0.0359. The molecule has 0 bridgehead atoms. The zero-order valence-electron chi connectivity index (χ0n) is 48.9. The highest BCUT2D eigenvalue weighted by atomic mass is 16.5. The number of aromatic amines is 1. The highest BCUT2D eigenvalue weighted by Gasteiger charge is 2.18. The summed E-state index contributed by atoms with van der Waals surface area (Å²) >= 11 is 0. The zero-order chi connectivity index (χ0) is 58.0. The van der Waals surface area contributed by atoms with Crippen molar-refractivity contribution in [1.82, 2.24) is 15.4 Å². The van der Waals surface area contributed by atoms with E-state index in [0.717, 1.165) is 159 Å². The van der Waals surface area contributed by atoms with E-state index in [4.69, 9.17) is 44.3 Å². The molecule has 0 unspecified atom stereocenters. The average molecular weight is 1110 g/mol. The number of benzene rings is 8. The highest BCUT2D eigenvalue weighted by molar-refractivity contribution is 5.69. The number of ether oxygens (including phenoxy) is 8. The van der Waals surface area contributed by atoms with Crippen molar-refractivity contribution in [2.24, 2.45) is 0 Å². The van der Waals surface area contributed by atoms with Gasteiger partial charge in [0.1, 0.15) is 76.4 Å². The first kappa shape index (κ1) is 60.0. The number of terminal acetylenes is 1. The number of aromatic nitrogens is 3. The minimum atomic E-state index is 0.442. The van der Waals surface area contributed by atoms with Gasteiger partial charge in [0.2, 0.25) is 0 Å². The van der Waals surface area contributed by atoms with Crippen LogP contribution in [-0.2, 0) is 38.9 Å².